The van der Waals surface area contributed by atoms with Gasteiger partial charge in [0.15, 0.2) is 0 Å². The van der Waals surface area contributed by atoms with E-state index in [0.29, 0.717) is 0 Å². The molecular formula is C16H21N5. The van der Waals surface area contributed by atoms with Crippen molar-refractivity contribution >= 4 is 11.6 Å². The quantitative estimate of drug-likeness (QED) is 0.665. The summed E-state index contributed by atoms with van der Waals surface area (Å²) in [6.45, 7) is 4.06. The molecule has 2 aromatic rings. The number of nitrogen functional groups attached to an aromatic ring is 1. The normalized spacial score (nSPS) is 14.5. The van der Waals surface area contributed by atoms with Crippen LogP contribution in [0.4, 0.5) is 11.6 Å². The van der Waals surface area contributed by atoms with Gasteiger partial charge in [0.2, 0.25) is 0 Å². The summed E-state index contributed by atoms with van der Waals surface area (Å²) >= 11 is 0. The lowest BCUT2D eigenvalue weighted by Crippen LogP contribution is -2.29. The second-order valence-electron chi connectivity index (χ2n) is 5.28. The first kappa shape index (κ1) is 13.8. The smallest absolute Gasteiger partial charge is 0.148 e. The van der Waals surface area contributed by atoms with Crippen LogP contribution in [0, 0.1) is 0 Å². The van der Waals surface area contributed by atoms with Gasteiger partial charge in [0.05, 0.1) is 0 Å². The van der Waals surface area contributed by atoms with Crippen LogP contribution in [0.3, 0.4) is 0 Å². The van der Waals surface area contributed by atoms with Gasteiger partial charge < -0.3 is 10.3 Å². The van der Waals surface area contributed by atoms with E-state index in [1.54, 1.807) is 6.33 Å². The van der Waals surface area contributed by atoms with Crippen molar-refractivity contribution in [3.8, 4) is 0 Å². The highest BCUT2D eigenvalue weighted by Gasteiger charge is 2.19. The Morgan fingerprint density at radius 2 is 1.81 bits per heavy atom. The lowest BCUT2D eigenvalue weighted by atomic mass is 10.0. The Bertz CT molecular complexity index is 599. The highest BCUT2D eigenvalue weighted by atomic mass is 15.3. The summed E-state index contributed by atoms with van der Waals surface area (Å²) in [4.78, 5) is 11.1. The van der Waals surface area contributed by atoms with E-state index < -0.39 is 0 Å². The van der Waals surface area contributed by atoms with Gasteiger partial charge in [-0.25, -0.2) is 15.8 Å². The van der Waals surface area contributed by atoms with Crippen LogP contribution in [0.25, 0.3) is 0 Å². The number of aromatic nitrogens is 2. The number of hydrazine groups is 1. The molecule has 2 heterocycles. The average Bonchev–Trinajstić information content (AvgIpc) is 2.76. The molecule has 1 aromatic heterocycles. The van der Waals surface area contributed by atoms with Crippen LogP contribution < -0.4 is 16.2 Å². The third-order valence-electron chi connectivity index (χ3n) is 4.13. The SMILES string of the molecule is CCc1c(NN)ncnc1N1CCc2ccccc2CC1. The fourth-order valence-corrected chi connectivity index (χ4v) is 3.01. The molecule has 0 unspecified atom stereocenters. The van der Waals surface area contributed by atoms with Gasteiger partial charge in [-0.2, -0.15) is 0 Å². The molecule has 110 valence electrons. The molecule has 0 saturated heterocycles. The van der Waals surface area contributed by atoms with Gasteiger partial charge in [0.1, 0.15) is 18.0 Å². The van der Waals surface area contributed by atoms with Crippen molar-refractivity contribution in [3.05, 3.63) is 47.3 Å². The van der Waals surface area contributed by atoms with Crippen molar-refractivity contribution < 1.29 is 0 Å². The molecule has 0 fully saturated rings. The minimum atomic E-state index is 0.726. The molecule has 0 atom stereocenters. The minimum Gasteiger partial charge on any atom is -0.356 e. The third-order valence-corrected chi connectivity index (χ3v) is 4.13. The van der Waals surface area contributed by atoms with E-state index in [-0.39, 0.29) is 0 Å². The van der Waals surface area contributed by atoms with E-state index in [1.807, 2.05) is 0 Å². The van der Waals surface area contributed by atoms with Crippen LogP contribution in [0.5, 0.6) is 0 Å². The lowest BCUT2D eigenvalue weighted by molar-refractivity contribution is 0.779. The van der Waals surface area contributed by atoms with E-state index >= 15 is 0 Å². The Hall–Kier alpha value is -2.14. The summed E-state index contributed by atoms with van der Waals surface area (Å²) in [5.41, 5.74) is 6.67. The van der Waals surface area contributed by atoms with E-state index in [0.717, 1.165) is 49.6 Å². The topological polar surface area (TPSA) is 67.1 Å². The molecule has 3 N–H and O–H groups in total. The first-order chi connectivity index (χ1) is 10.3. The molecule has 5 heteroatoms. The molecule has 1 aromatic carbocycles. The number of nitrogens with one attached hydrogen (secondary N) is 1. The van der Waals surface area contributed by atoms with Gasteiger partial charge >= 0.3 is 0 Å². The molecule has 0 radical (unpaired) electrons. The summed E-state index contributed by atoms with van der Waals surface area (Å²) in [6.07, 6.45) is 4.55. The van der Waals surface area contributed by atoms with Crippen molar-refractivity contribution in [1.29, 1.82) is 0 Å². The van der Waals surface area contributed by atoms with Crippen LogP contribution in [0.1, 0.15) is 23.6 Å². The molecule has 1 aliphatic rings. The maximum absolute atomic E-state index is 5.57. The van der Waals surface area contributed by atoms with Crippen molar-refractivity contribution in [3.63, 3.8) is 0 Å². The Balaban J connectivity index is 1.89. The second-order valence-corrected chi connectivity index (χ2v) is 5.28. The van der Waals surface area contributed by atoms with Crippen LogP contribution >= 0.6 is 0 Å². The third kappa shape index (κ3) is 2.69. The van der Waals surface area contributed by atoms with Gasteiger partial charge in [-0.05, 0) is 30.4 Å². The predicted octanol–water partition coefficient (Wildman–Crippen LogP) is 1.93. The number of fused-ring (bicyclic) bond motifs is 1. The van der Waals surface area contributed by atoms with Crippen LogP contribution in [-0.4, -0.2) is 23.1 Å². The Kier molecular flexibility index (Phi) is 4.01. The summed E-state index contributed by atoms with van der Waals surface area (Å²) in [5, 5.41) is 0. The largest absolute Gasteiger partial charge is 0.356 e. The lowest BCUT2D eigenvalue weighted by Gasteiger charge is -2.24. The molecule has 0 aliphatic carbocycles. The average molecular weight is 283 g/mol. The number of anilines is 2. The fourth-order valence-electron chi connectivity index (χ4n) is 3.01. The zero-order chi connectivity index (χ0) is 14.7. The highest BCUT2D eigenvalue weighted by molar-refractivity contribution is 5.58. The van der Waals surface area contributed by atoms with Gasteiger partial charge in [0.25, 0.3) is 0 Å². The van der Waals surface area contributed by atoms with E-state index in [2.05, 4.69) is 51.5 Å². The van der Waals surface area contributed by atoms with E-state index in [4.69, 9.17) is 5.84 Å². The number of hydrogen-bond donors (Lipinski definition) is 2. The zero-order valence-electron chi connectivity index (χ0n) is 12.3. The first-order valence-corrected chi connectivity index (χ1v) is 7.45. The van der Waals surface area contributed by atoms with E-state index in [9.17, 15) is 0 Å². The monoisotopic (exact) mass is 283 g/mol. The Morgan fingerprint density at radius 1 is 1.14 bits per heavy atom. The van der Waals surface area contributed by atoms with Gasteiger partial charge in [-0.3, -0.25) is 0 Å². The molecule has 21 heavy (non-hydrogen) atoms. The predicted molar refractivity (Wildman–Crippen MR) is 85.3 cm³/mol. The highest BCUT2D eigenvalue weighted by Crippen LogP contribution is 2.26. The minimum absolute atomic E-state index is 0.726. The summed E-state index contributed by atoms with van der Waals surface area (Å²) < 4.78 is 0. The maximum atomic E-state index is 5.57. The molecule has 0 bridgehead atoms. The number of benzene rings is 1. The number of rotatable bonds is 3. The number of nitrogens with two attached hydrogens (primary N) is 1. The maximum Gasteiger partial charge on any atom is 0.148 e. The van der Waals surface area contributed by atoms with Crippen molar-refractivity contribution in [2.45, 2.75) is 26.2 Å². The molecule has 0 saturated carbocycles. The zero-order valence-corrected chi connectivity index (χ0v) is 12.3. The number of hydrogen-bond acceptors (Lipinski definition) is 5. The molecule has 0 amide bonds. The molecular weight excluding hydrogens is 262 g/mol. The Morgan fingerprint density at radius 3 is 2.38 bits per heavy atom. The fraction of sp³-hybridized carbons (Fsp3) is 0.375. The molecule has 0 spiro atoms. The first-order valence-electron chi connectivity index (χ1n) is 7.45. The second kappa shape index (κ2) is 6.10. The molecule has 1 aliphatic heterocycles. The summed E-state index contributed by atoms with van der Waals surface area (Å²) in [6, 6.07) is 8.69. The summed E-state index contributed by atoms with van der Waals surface area (Å²) in [7, 11) is 0. The standard InChI is InChI=1S/C16H21N5/c1-2-14-15(20-17)18-11-19-16(14)21-9-7-12-5-3-4-6-13(12)8-10-21/h3-6,11H,2,7-10,17H2,1H3,(H,18,19,20). The number of nitrogens with zero attached hydrogens (tertiary/aromatic N) is 3. The van der Waals surface area contributed by atoms with Gasteiger partial charge in [-0.15, -0.1) is 0 Å². The van der Waals surface area contributed by atoms with Crippen molar-refractivity contribution in [1.82, 2.24) is 9.97 Å². The van der Waals surface area contributed by atoms with Crippen LogP contribution in [-0.2, 0) is 19.3 Å². The van der Waals surface area contributed by atoms with Crippen LogP contribution in [0.15, 0.2) is 30.6 Å². The molecule has 3 rings (SSSR count). The van der Waals surface area contributed by atoms with Crippen molar-refractivity contribution in [2.75, 3.05) is 23.4 Å². The van der Waals surface area contributed by atoms with E-state index in [1.165, 1.54) is 11.1 Å². The summed E-state index contributed by atoms with van der Waals surface area (Å²) in [5.74, 6) is 7.30. The van der Waals surface area contributed by atoms with Crippen molar-refractivity contribution in [2.24, 2.45) is 5.84 Å². The molecule has 5 nitrogen and oxygen atoms in total. The van der Waals surface area contributed by atoms with Gasteiger partial charge in [-0.1, -0.05) is 31.2 Å². The van der Waals surface area contributed by atoms with Crippen LogP contribution in [0.2, 0.25) is 0 Å². The van der Waals surface area contributed by atoms with Gasteiger partial charge in [0, 0.05) is 18.7 Å². The Labute approximate surface area is 125 Å².